The highest BCUT2D eigenvalue weighted by molar-refractivity contribution is 9.10. The van der Waals surface area contributed by atoms with E-state index in [-0.39, 0.29) is 0 Å². The molecule has 0 N–H and O–H groups in total. The number of nitrogens with zero attached hydrogens (tertiary/aromatic N) is 2. The lowest BCUT2D eigenvalue weighted by Gasteiger charge is -2.07. The molecule has 1 aromatic carbocycles. The number of hydrogen-bond acceptors (Lipinski definition) is 3. The predicted octanol–water partition coefficient (Wildman–Crippen LogP) is 4.15. The maximum Gasteiger partial charge on any atom is 0.168 e. The highest BCUT2D eigenvalue weighted by Gasteiger charge is 2.25. The largest absolute Gasteiger partial charge is 0.493 e. The number of imidazole rings is 1. The Hall–Kier alpha value is -0.940. The van der Waals surface area contributed by atoms with Crippen molar-refractivity contribution in [3.8, 4) is 5.75 Å². The van der Waals surface area contributed by atoms with Crippen LogP contribution in [-0.4, -0.2) is 21.9 Å². The first-order valence-electron chi connectivity index (χ1n) is 6.37. The van der Waals surface area contributed by atoms with Gasteiger partial charge in [-0.15, -0.1) is 0 Å². The highest BCUT2D eigenvalue weighted by Crippen LogP contribution is 2.37. The summed E-state index contributed by atoms with van der Waals surface area (Å²) in [6, 6.07) is 8.62. The average Bonchev–Trinajstić information content (AvgIpc) is 3.14. The average molecular weight is 339 g/mol. The molecule has 0 atom stereocenters. The Bertz CT molecular complexity index is 554. The van der Waals surface area contributed by atoms with Crippen molar-refractivity contribution >= 4 is 27.7 Å². The Morgan fingerprint density at radius 3 is 3.11 bits per heavy atom. The van der Waals surface area contributed by atoms with Gasteiger partial charge in [-0.05, 0) is 31.0 Å². The molecule has 1 aromatic heterocycles. The normalized spacial score (nSPS) is 14.6. The molecule has 0 saturated heterocycles. The van der Waals surface area contributed by atoms with Crippen LogP contribution >= 0.6 is 27.7 Å². The van der Waals surface area contributed by atoms with Crippen molar-refractivity contribution < 1.29 is 4.74 Å². The molecule has 2 aromatic rings. The van der Waals surface area contributed by atoms with Crippen molar-refractivity contribution in [2.45, 2.75) is 24.0 Å². The van der Waals surface area contributed by atoms with Crippen molar-refractivity contribution in [3.63, 3.8) is 0 Å². The van der Waals surface area contributed by atoms with Gasteiger partial charge in [0.15, 0.2) is 5.16 Å². The molecule has 100 valence electrons. The summed E-state index contributed by atoms with van der Waals surface area (Å²) in [5.41, 5.74) is 0. The van der Waals surface area contributed by atoms with Crippen LogP contribution in [0.1, 0.15) is 18.9 Å². The third-order valence-corrected chi connectivity index (χ3v) is 4.39. The summed E-state index contributed by atoms with van der Waals surface area (Å²) in [6.45, 7) is 0.693. The van der Waals surface area contributed by atoms with Gasteiger partial charge in [0, 0.05) is 28.7 Å². The lowest BCUT2D eigenvalue weighted by atomic mass is 10.3. The van der Waals surface area contributed by atoms with Crippen LogP contribution in [0.2, 0.25) is 0 Å². The topological polar surface area (TPSA) is 27.1 Å². The number of ether oxygens (including phenoxy) is 1. The summed E-state index contributed by atoms with van der Waals surface area (Å²) in [5.74, 6) is 1.82. The van der Waals surface area contributed by atoms with Gasteiger partial charge in [0.05, 0.1) is 6.61 Å². The second kappa shape index (κ2) is 6.01. The smallest absolute Gasteiger partial charge is 0.168 e. The first-order chi connectivity index (χ1) is 9.33. The molecule has 0 spiro atoms. The van der Waals surface area contributed by atoms with E-state index in [2.05, 4.69) is 31.7 Å². The molecule has 1 heterocycles. The van der Waals surface area contributed by atoms with Crippen molar-refractivity contribution in [3.05, 3.63) is 41.1 Å². The SMILES string of the molecule is Brc1cccc(OCCSc2nccn2C2CC2)c1. The van der Waals surface area contributed by atoms with Gasteiger partial charge in [0.1, 0.15) is 5.75 Å². The molecule has 0 aliphatic heterocycles. The van der Waals surface area contributed by atoms with E-state index >= 15 is 0 Å². The first kappa shape index (κ1) is 13.1. The fourth-order valence-corrected chi connectivity index (χ4v) is 3.11. The van der Waals surface area contributed by atoms with Crippen LogP contribution in [-0.2, 0) is 0 Å². The number of thioether (sulfide) groups is 1. The highest BCUT2D eigenvalue weighted by atomic mass is 79.9. The van der Waals surface area contributed by atoms with Crippen LogP contribution in [0, 0.1) is 0 Å². The maximum atomic E-state index is 5.71. The summed E-state index contributed by atoms with van der Waals surface area (Å²) in [7, 11) is 0. The molecule has 3 rings (SSSR count). The zero-order chi connectivity index (χ0) is 13.1. The molecule has 0 radical (unpaired) electrons. The molecule has 1 fully saturated rings. The molecule has 0 amide bonds. The van der Waals surface area contributed by atoms with E-state index in [0.29, 0.717) is 12.6 Å². The summed E-state index contributed by atoms with van der Waals surface area (Å²) in [6.07, 6.45) is 6.54. The molecular formula is C14H15BrN2OS. The van der Waals surface area contributed by atoms with E-state index < -0.39 is 0 Å². The quantitative estimate of drug-likeness (QED) is 0.584. The van der Waals surface area contributed by atoms with Gasteiger partial charge in [0.25, 0.3) is 0 Å². The van der Waals surface area contributed by atoms with Crippen molar-refractivity contribution in [2.75, 3.05) is 12.4 Å². The molecular weight excluding hydrogens is 324 g/mol. The Kier molecular flexibility index (Phi) is 4.13. The van der Waals surface area contributed by atoms with Gasteiger partial charge in [-0.3, -0.25) is 0 Å². The van der Waals surface area contributed by atoms with Gasteiger partial charge in [0.2, 0.25) is 0 Å². The fourth-order valence-electron chi connectivity index (χ4n) is 1.89. The van der Waals surface area contributed by atoms with Gasteiger partial charge in [-0.25, -0.2) is 4.98 Å². The zero-order valence-electron chi connectivity index (χ0n) is 10.5. The molecule has 19 heavy (non-hydrogen) atoms. The molecule has 0 bridgehead atoms. The van der Waals surface area contributed by atoms with E-state index in [1.807, 2.05) is 30.5 Å². The van der Waals surface area contributed by atoms with E-state index in [0.717, 1.165) is 21.1 Å². The Morgan fingerprint density at radius 2 is 2.32 bits per heavy atom. The second-order valence-corrected chi connectivity index (χ2v) is 6.48. The van der Waals surface area contributed by atoms with Crippen LogP contribution in [0.4, 0.5) is 0 Å². The minimum atomic E-state index is 0.691. The van der Waals surface area contributed by atoms with Crippen molar-refractivity contribution in [2.24, 2.45) is 0 Å². The second-order valence-electron chi connectivity index (χ2n) is 4.50. The fraction of sp³-hybridized carbons (Fsp3) is 0.357. The molecule has 3 nitrogen and oxygen atoms in total. The van der Waals surface area contributed by atoms with Crippen molar-refractivity contribution in [1.29, 1.82) is 0 Å². The number of aromatic nitrogens is 2. The lowest BCUT2D eigenvalue weighted by Crippen LogP contribution is -2.02. The summed E-state index contributed by atoms with van der Waals surface area (Å²) >= 11 is 5.20. The summed E-state index contributed by atoms with van der Waals surface area (Å²) < 4.78 is 9.04. The number of benzene rings is 1. The molecule has 1 saturated carbocycles. The van der Waals surface area contributed by atoms with Crippen LogP contribution in [0.15, 0.2) is 46.3 Å². The standard InChI is InChI=1S/C14H15BrN2OS/c15-11-2-1-3-13(10-11)18-8-9-19-14-16-6-7-17(14)12-4-5-12/h1-3,6-7,10,12H,4-5,8-9H2. The third-order valence-electron chi connectivity index (χ3n) is 2.95. The Balaban J connectivity index is 1.46. The summed E-state index contributed by atoms with van der Waals surface area (Å²) in [5, 5.41) is 1.11. The van der Waals surface area contributed by atoms with Crippen molar-refractivity contribution in [1.82, 2.24) is 9.55 Å². The molecule has 5 heteroatoms. The van der Waals surface area contributed by atoms with Gasteiger partial charge >= 0.3 is 0 Å². The zero-order valence-corrected chi connectivity index (χ0v) is 12.9. The monoisotopic (exact) mass is 338 g/mol. The molecule has 1 aliphatic rings. The molecule has 1 aliphatic carbocycles. The van der Waals surface area contributed by atoms with E-state index in [9.17, 15) is 0 Å². The minimum absolute atomic E-state index is 0.691. The predicted molar refractivity (Wildman–Crippen MR) is 80.9 cm³/mol. The molecule has 0 unspecified atom stereocenters. The summed E-state index contributed by atoms with van der Waals surface area (Å²) in [4.78, 5) is 4.40. The van der Waals surface area contributed by atoms with Gasteiger partial charge < -0.3 is 9.30 Å². The van der Waals surface area contributed by atoms with E-state index in [1.54, 1.807) is 11.8 Å². The lowest BCUT2D eigenvalue weighted by molar-refractivity contribution is 0.343. The maximum absolute atomic E-state index is 5.71. The third kappa shape index (κ3) is 3.54. The number of hydrogen-bond donors (Lipinski definition) is 0. The number of halogens is 1. The van der Waals surface area contributed by atoms with E-state index in [1.165, 1.54) is 12.8 Å². The van der Waals surface area contributed by atoms with Crippen LogP contribution < -0.4 is 4.74 Å². The van der Waals surface area contributed by atoms with E-state index in [4.69, 9.17) is 4.74 Å². The Morgan fingerprint density at radius 1 is 1.42 bits per heavy atom. The van der Waals surface area contributed by atoms with Crippen LogP contribution in [0.5, 0.6) is 5.75 Å². The number of rotatable bonds is 6. The van der Waals surface area contributed by atoms with Crippen LogP contribution in [0.3, 0.4) is 0 Å². The van der Waals surface area contributed by atoms with Crippen LogP contribution in [0.25, 0.3) is 0 Å². The Labute approximate surface area is 125 Å². The van der Waals surface area contributed by atoms with Gasteiger partial charge in [-0.1, -0.05) is 33.8 Å². The minimum Gasteiger partial charge on any atom is -0.493 e. The van der Waals surface area contributed by atoms with Gasteiger partial charge in [-0.2, -0.15) is 0 Å². The first-order valence-corrected chi connectivity index (χ1v) is 8.15.